The van der Waals surface area contributed by atoms with Gasteiger partial charge in [0.25, 0.3) is 5.91 Å². The molecule has 0 aliphatic heterocycles. The van der Waals surface area contributed by atoms with Crippen LogP contribution in [0.3, 0.4) is 0 Å². The largest absolute Gasteiger partial charge is 0.484 e. The second-order valence-electron chi connectivity index (χ2n) is 9.69. The molecule has 0 fully saturated rings. The van der Waals surface area contributed by atoms with Crippen LogP contribution in [0.4, 0.5) is 0 Å². The Labute approximate surface area is 216 Å². The number of benzene rings is 3. The fourth-order valence-corrected chi connectivity index (χ4v) is 3.92. The highest BCUT2D eigenvalue weighted by Gasteiger charge is 2.32. The van der Waals surface area contributed by atoms with Crippen LogP contribution in [0, 0.1) is 6.92 Å². The number of hydrogen-bond donors (Lipinski definition) is 1. The third-order valence-electron chi connectivity index (χ3n) is 5.42. The van der Waals surface area contributed by atoms with Gasteiger partial charge in [-0.15, -0.1) is 0 Å². The van der Waals surface area contributed by atoms with Crippen LogP contribution < -0.4 is 10.1 Å². The number of nitrogens with one attached hydrogen (secondary N) is 1. The summed E-state index contributed by atoms with van der Waals surface area (Å²) in [6, 6.07) is 24.4. The van der Waals surface area contributed by atoms with Crippen molar-refractivity contribution in [3.63, 3.8) is 0 Å². The molecule has 0 radical (unpaired) electrons. The first kappa shape index (κ1) is 26.5. The van der Waals surface area contributed by atoms with Crippen LogP contribution in [0.25, 0.3) is 0 Å². The molecule has 0 bridgehead atoms. The lowest BCUT2D eigenvalue weighted by atomic mass is 10.0. The van der Waals surface area contributed by atoms with E-state index in [9.17, 15) is 9.59 Å². The Kier molecular flexibility index (Phi) is 9.10. The second kappa shape index (κ2) is 12.0. The summed E-state index contributed by atoms with van der Waals surface area (Å²) >= 11 is 3.46. The van der Waals surface area contributed by atoms with E-state index in [0.717, 1.165) is 21.2 Å². The molecule has 0 heterocycles. The number of amides is 2. The fourth-order valence-electron chi connectivity index (χ4n) is 3.66. The molecule has 0 aliphatic rings. The van der Waals surface area contributed by atoms with Crippen molar-refractivity contribution >= 4 is 27.7 Å². The van der Waals surface area contributed by atoms with Crippen molar-refractivity contribution in [2.75, 3.05) is 6.61 Å². The maximum atomic E-state index is 13.6. The predicted octanol–water partition coefficient (Wildman–Crippen LogP) is 5.69. The fraction of sp³-hybridized carbons (Fsp3) is 0.310. The first-order chi connectivity index (χ1) is 16.6. The van der Waals surface area contributed by atoms with Crippen LogP contribution in [0.15, 0.2) is 83.3 Å². The molecule has 5 nitrogen and oxygen atoms in total. The standard InChI is InChI=1S/C29H33BrN2O3/c1-21-10-16-25(17-11-21)35-20-27(33)32(19-23-12-14-24(30)15-13-23)26(28(34)31-29(2,3)4)18-22-8-6-5-7-9-22/h5-17,26H,18-20H2,1-4H3,(H,31,34)/t26-/m1/s1. The molecule has 1 N–H and O–H groups in total. The molecule has 2 amide bonds. The molecule has 35 heavy (non-hydrogen) atoms. The van der Waals surface area contributed by atoms with E-state index in [2.05, 4.69) is 21.2 Å². The number of carbonyl (C=O) groups is 2. The Balaban J connectivity index is 1.91. The van der Waals surface area contributed by atoms with Crippen molar-refractivity contribution in [2.24, 2.45) is 0 Å². The molecule has 0 saturated carbocycles. The van der Waals surface area contributed by atoms with Gasteiger partial charge in [0.2, 0.25) is 5.91 Å². The van der Waals surface area contributed by atoms with Crippen LogP contribution in [0.5, 0.6) is 5.75 Å². The number of rotatable bonds is 9. The SMILES string of the molecule is Cc1ccc(OCC(=O)N(Cc2ccc(Br)cc2)[C@H](Cc2ccccc2)C(=O)NC(C)(C)C)cc1. The van der Waals surface area contributed by atoms with E-state index in [1.165, 1.54) is 0 Å². The van der Waals surface area contributed by atoms with Crippen molar-refractivity contribution in [3.05, 3.63) is 100 Å². The minimum atomic E-state index is -0.700. The van der Waals surface area contributed by atoms with Gasteiger partial charge in [0.1, 0.15) is 11.8 Å². The zero-order valence-corrected chi connectivity index (χ0v) is 22.3. The molecular weight excluding hydrogens is 504 g/mol. The topological polar surface area (TPSA) is 58.6 Å². The van der Waals surface area contributed by atoms with Crippen LogP contribution in [0.1, 0.15) is 37.5 Å². The number of aryl methyl sites for hydroxylation is 1. The summed E-state index contributed by atoms with van der Waals surface area (Å²) < 4.78 is 6.76. The van der Waals surface area contributed by atoms with Gasteiger partial charge < -0.3 is 15.0 Å². The van der Waals surface area contributed by atoms with Crippen LogP contribution in [-0.4, -0.2) is 34.9 Å². The monoisotopic (exact) mass is 536 g/mol. The summed E-state index contributed by atoms with van der Waals surface area (Å²) in [6.45, 7) is 7.94. The summed E-state index contributed by atoms with van der Waals surface area (Å²) in [6.07, 6.45) is 0.398. The van der Waals surface area contributed by atoms with Crippen molar-refractivity contribution in [1.29, 1.82) is 0 Å². The van der Waals surface area contributed by atoms with Crippen molar-refractivity contribution in [1.82, 2.24) is 10.2 Å². The summed E-state index contributed by atoms with van der Waals surface area (Å²) in [7, 11) is 0. The Morgan fingerprint density at radius 1 is 0.914 bits per heavy atom. The molecule has 0 saturated heterocycles. The first-order valence-electron chi connectivity index (χ1n) is 11.7. The third kappa shape index (κ3) is 8.55. The van der Waals surface area contributed by atoms with Gasteiger partial charge in [-0.05, 0) is 63.1 Å². The van der Waals surface area contributed by atoms with Crippen LogP contribution in [0.2, 0.25) is 0 Å². The third-order valence-corrected chi connectivity index (χ3v) is 5.95. The quantitative estimate of drug-likeness (QED) is 0.382. The van der Waals surface area contributed by atoms with Crippen molar-refractivity contribution in [2.45, 2.75) is 52.2 Å². The Morgan fingerprint density at radius 3 is 2.14 bits per heavy atom. The van der Waals surface area contributed by atoms with Gasteiger partial charge in [-0.25, -0.2) is 0 Å². The normalized spacial score (nSPS) is 12.0. The lowest BCUT2D eigenvalue weighted by Gasteiger charge is -2.33. The van der Waals surface area contributed by atoms with Gasteiger partial charge >= 0.3 is 0 Å². The molecule has 0 aliphatic carbocycles. The minimum absolute atomic E-state index is 0.159. The number of halogens is 1. The molecule has 0 unspecified atom stereocenters. The molecular formula is C29H33BrN2O3. The number of hydrogen-bond acceptors (Lipinski definition) is 3. The van der Waals surface area contributed by atoms with Gasteiger partial charge in [-0.3, -0.25) is 9.59 Å². The van der Waals surface area contributed by atoms with E-state index in [-0.39, 0.29) is 18.4 Å². The van der Waals surface area contributed by atoms with E-state index in [4.69, 9.17) is 4.74 Å². The molecule has 3 aromatic rings. The van der Waals surface area contributed by atoms with Gasteiger partial charge in [-0.2, -0.15) is 0 Å². The molecule has 3 aromatic carbocycles. The van der Waals surface area contributed by atoms with Crippen LogP contribution in [-0.2, 0) is 22.6 Å². The Morgan fingerprint density at radius 2 is 1.54 bits per heavy atom. The number of nitrogens with zero attached hydrogens (tertiary/aromatic N) is 1. The molecule has 0 aromatic heterocycles. The molecule has 184 valence electrons. The van der Waals surface area contributed by atoms with Crippen molar-refractivity contribution < 1.29 is 14.3 Å². The summed E-state index contributed by atoms with van der Waals surface area (Å²) in [5.74, 6) is 0.173. The van der Waals surface area contributed by atoms with Gasteiger partial charge in [-0.1, -0.05) is 76.1 Å². The van der Waals surface area contributed by atoms with Crippen LogP contribution >= 0.6 is 15.9 Å². The second-order valence-corrected chi connectivity index (χ2v) is 10.6. The minimum Gasteiger partial charge on any atom is -0.484 e. The number of carbonyl (C=O) groups excluding carboxylic acids is 2. The first-order valence-corrected chi connectivity index (χ1v) is 12.5. The average molecular weight is 537 g/mol. The lowest BCUT2D eigenvalue weighted by molar-refractivity contribution is -0.143. The Bertz CT molecular complexity index is 1110. The maximum absolute atomic E-state index is 13.6. The maximum Gasteiger partial charge on any atom is 0.261 e. The summed E-state index contributed by atoms with van der Waals surface area (Å²) in [4.78, 5) is 28.7. The van der Waals surface area contributed by atoms with Crippen molar-refractivity contribution in [3.8, 4) is 5.75 Å². The van der Waals surface area contributed by atoms with E-state index < -0.39 is 11.6 Å². The summed E-state index contributed by atoms with van der Waals surface area (Å²) in [5, 5.41) is 3.07. The lowest BCUT2D eigenvalue weighted by Crippen LogP contribution is -2.55. The summed E-state index contributed by atoms with van der Waals surface area (Å²) in [5.41, 5.74) is 2.59. The highest BCUT2D eigenvalue weighted by Crippen LogP contribution is 2.19. The molecule has 1 atom stereocenters. The number of ether oxygens (including phenoxy) is 1. The van der Waals surface area contributed by atoms with Gasteiger partial charge in [0.05, 0.1) is 0 Å². The van der Waals surface area contributed by atoms with E-state index in [1.807, 2.05) is 107 Å². The van der Waals surface area contributed by atoms with Gasteiger partial charge in [0, 0.05) is 23.0 Å². The molecule has 3 rings (SSSR count). The Hall–Kier alpha value is -3.12. The highest BCUT2D eigenvalue weighted by molar-refractivity contribution is 9.10. The van der Waals surface area contributed by atoms with E-state index in [1.54, 1.807) is 4.90 Å². The predicted molar refractivity (Wildman–Crippen MR) is 143 cm³/mol. The van der Waals surface area contributed by atoms with E-state index >= 15 is 0 Å². The highest BCUT2D eigenvalue weighted by atomic mass is 79.9. The molecule has 6 heteroatoms. The average Bonchev–Trinajstić information content (AvgIpc) is 2.81. The zero-order valence-electron chi connectivity index (χ0n) is 20.8. The zero-order chi connectivity index (χ0) is 25.4. The smallest absolute Gasteiger partial charge is 0.261 e. The molecule has 0 spiro atoms. The van der Waals surface area contributed by atoms with Gasteiger partial charge in [0.15, 0.2) is 6.61 Å². The van der Waals surface area contributed by atoms with E-state index in [0.29, 0.717) is 18.7 Å².